The number of amides is 1. The van der Waals surface area contributed by atoms with Crippen molar-refractivity contribution in [3.8, 4) is 6.07 Å². The first-order chi connectivity index (χ1) is 11.5. The van der Waals surface area contributed by atoms with Crippen LogP contribution in [0, 0.1) is 24.2 Å². The molecule has 0 radical (unpaired) electrons. The number of hydrogen-bond acceptors (Lipinski definition) is 4. The lowest BCUT2D eigenvalue weighted by Crippen LogP contribution is -2.44. The van der Waals surface area contributed by atoms with Crippen LogP contribution in [0.15, 0.2) is 36.0 Å². The van der Waals surface area contributed by atoms with Crippen LogP contribution in [0.1, 0.15) is 19.4 Å². The molecule has 1 aliphatic rings. The second kappa shape index (κ2) is 8.39. The maximum atomic E-state index is 12.0. The van der Waals surface area contributed by atoms with Gasteiger partial charge in [0.1, 0.15) is 11.6 Å². The summed E-state index contributed by atoms with van der Waals surface area (Å²) in [7, 11) is 0. The van der Waals surface area contributed by atoms with Gasteiger partial charge in [-0.3, -0.25) is 4.79 Å². The largest absolute Gasteiger partial charge is 0.373 e. The van der Waals surface area contributed by atoms with Gasteiger partial charge in [0.05, 0.1) is 0 Å². The number of nitrogens with one attached hydrogen (secondary N) is 1. The smallest absolute Gasteiger partial charge is 0.263 e. The lowest BCUT2D eigenvalue weighted by molar-refractivity contribution is -0.117. The van der Waals surface area contributed by atoms with Crippen LogP contribution in [-0.4, -0.2) is 43.5 Å². The van der Waals surface area contributed by atoms with Crippen molar-refractivity contribution in [2.45, 2.75) is 20.8 Å². The molecular weight excluding hydrogens is 300 g/mol. The first-order valence-corrected chi connectivity index (χ1v) is 8.45. The number of benzene rings is 1. The standard InChI is InChI=1S/C19H26N4O/c1-15(2)13-21-19(24)17(12-20)14-22-7-9-23(10-8-22)18-6-4-5-16(3)11-18/h4-6,11,14-15H,7-10,13H2,1-3H3,(H,21,24)/b17-14-. The lowest BCUT2D eigenvalue weighted by atomic mass is 10.2. The van der Waals surface area contributed by atoms with Gasteiger partial charge in [-0.1, -0.05) is 26.0 Å². The third kappa shape index (κ3) is 5.02. The normalized spacial score (nSPS) is 15.4. The van der Waals surface area contributed by atoms with Gasteiger partial charge in [0.15, 0.2) is 0 Å². The third-order valence-electron chi connectivity index (χ3n) is 4.03. The first-order valence-electron chi connectivity index (χ1n) is 8.45. The maximum absolute atomic E-state index is 12.0. The summed E-state index contributed by atoms with van der Waals surface area (Å²) in [5.74, 6) is 0.0825. The Morgan fingerprint density at radius 2 is 2.04 bits per heavy atom. The summed E-state index contributed by atoms with van der Waals surface area (Å²) < 4.78 is 0. The minimum absolute atomic E-state index is 0.180. The van der Waals surface area contributed by atoms with Crippen molar-refractivity contribution in [1.29, 1.82) is 5.26 Å². The van der Waals surface area contributed by atoms with E-state index in [4.69, 9.17) is 0 Å². The Labute approximate surface area is 144 Å². The summed E-state index contributed by atoms with van der Waals surface area (Å²) in [6.07, 6.45) is 1.70. The molecule has 24 heavy (non-hydrogen) atoms. The molecule has 128 valence electrons. The topological polar surface area (TPSA) is 59.4 Å². The highest BCUT2D eigenvalue weighted by Gasteiger charge is 2.17. The molecule has 1 N–H and O–H groups in total. The number of piperazine rings is 1. The number of aryl methyl sites for hydroxylation is 1. The molecule has 1 amide bonds. The number of anilines is 1. The molecule has 1 fully saturated rings. The van der Waals surface area contributed by atoms with Crippen LogP contribution in [0.3, 0.4) is 0 Å². The van der Waals surface area contributed by atoms with Gasteiger partial charge < -0.3 is 15.1 Å². The Morgan fingerprint density at radius 1 is 1.33 bits per heavy atom. The second-order valence-electron chi connectivity index (χ2n) is 6.62. The zero-order chi connectivity index (χ0) is 17.5. The van der Waals surface area contributed by atoms with E-state index < -0.39 is 0 Å². The summed E-state index contributed by atoms with van der Waals surface area (Å²) in [4.78, 5) is 16.4. The summed E-state index contributed by atoms with van der Waals surface area (Å²) in [6, 6.07) is 10.5. The van der Waals surface area contributed by atoms with Crippen LogP contribution in [0.5, 0.6) is 0 Å². The molecular formula is C19H26N4O. The van der Waals surface area contributed by atoms with Gasteiger partial charge in [-0.15, -0.1) is 0 Å². The summed E-state index contributed by atoms with van der Waals surface area (Å²) in [5, 5.41) is 12.0. The Bertz CT molecular complexity index is 637. The third-order valence-corrected chi connectivity index (χ3v) is 4.03. The van der Waals surface area contributed by atoms with E-state index in [1.807, 2.05) is 19.9 Å². The van der Waals surface area contributed by atoms with Crippen LogP contribution >= 0.6 is 0 Å². The molecule has 0 atom stereocenters. The number of nitriles is 1. The zero-order valence-corrected chi connectivity index (χ0v) is 14.7. The monoisotopic (exact) mass is 326 g/mol. The Balaban J connectivity index is 1.93. The number of carbonyl (C=O) groups is 1. The zero-order valence-electron chi connectivity index (χ0n) is 14.7. The van der Waals surface area contributed by atoms with E-state index in [0.717, 1.165) is 26.2 Å². The molecule has 0 unspecified atom stereocenters. The van der Waals surface area contributed by atoms with E-state index in [0.29, 0.717) is 12.5 Å². The number of rotatable bonds is 5. The van der Waals surface area contributed by atoms with E-state index in [1.165, 1.54) is 11.3 Å². The molecule has 1 aromatic rings. The van der Waals surface area contributed by atoms with Crippen molar-refractivity contribution < 1.29 is 4.79 Å². The van der Waals surface area contributed by atoms with Crippen LogP contribution < -0.4 is 10.2 Å². The van der Waals surface area contributed by atoms with E-state index in [-0.39, 0.29) is 11.5 Å². The fourth-order valence-corrected chi connectivity index (χ4v) is 2.65. The summed E-state index contributed by atoms with van der Waals surface area (Å²) in [5.41, 5.74) is 2.66. The maximum Gasteiger partial charge on any atom is 0.263 e. The highest BCUT2D eigenvalue weighted by Crippen LogP contribution is 2.18. The Morgan fingerprint density at radius 3 is 2.62 bits per heavy atom. The van der Waals surface area contributed by atoms with Crippen LogP contribution in [0.4, 0.5) is 5.69 Å². The average Bonchev–Trinajstić information content (AvgIpc) is 2.58. The summed E-state index contributed by atoms with van der Waals surface area (Å²) in [6.45, 7) is 10.1. The van der Waals surface area contributed by atoms with E-state index in [1.54, 1.807) is 6.20 Å². The first kappa shape index (κ1) is 17.9. The van der Waals surface area contributed by atoms with Gasteiger partial charge in [-0.05, 0) is 30.5 Å². The molecule has 5 heteroatoms. The molecule has 1 aliphatic heterocycles. The molecule has 0 spiro atoms. The van der Waals surface area contributed by atoms with Gasteiger partial charge in [-0.2, -0.15) is 5.26 Å². The molecule has 0 aromatic heterocycles. The van der Waals surface area contributed by atoms with E-state index in [9.17, 15) is 10.1 Å². The quantitative estimate of drug-likeness (QED) is 0.666. The fourth-order valence-electron chi connectivity index (χ4n) is 2.65. The number of hydrogen-bond donors (Lipinski definition) is 1. The van der Waals surface area contributed by atoms with E-state index in [2.05, 4.69) is 46.3 Å². The van der Waals surface area contributed by atoms with E-state index >= 15 is 0 Å². The predicted molar refractivity (Wildman–Crippen MR) is 96.5 cm³/mol. The van der Waals surface area contributed by atoms with Crippen molar-refractivity contribution in [2.24, 2.45) is 5.92 Å². The number of carbonyl (C=O) groups excluding carboxylic acids is 1. The molecule has 0 saturated carbocycles. The predicted octanol–water partition coefficient (Wildman–Crippen LogP) is 2.30. The van der Waals surface area contributed by atoms with Crippen LogP contribution in [0.25, 0.3) is 0 Å². The minimum Gasteiger partial charge on any atom is -0.373 e. The van der Waals surface area contributed by atoms with Crippen molar-refractivity contribution in [2.75, 3.05) is 37.6 Å². The van der Waals surface area contributed by atoms with Gasteiger partial charge in [0.2, 0.25) is 0 Å². The van der Waals surface area contributed by atoms with Gasteiger partial charge >= 0.3 is 0 Å². The van der Waals surface area contributed by atoms with Gasteiger partial charge in [-0.25, -0.2) is 0 Å². The van der Waals surface area contributed by atoms with Crippen LogP contribution in [0.2, 0.25) is 0 Å². The SMILES string of the molecule is Cc1cccc(N2CCN(/C=C(/C#N)C(=O)NCC(C)C)CC2)c1. The molecule has 5 nitrogen and oxygen atoms in total. The lowest BCUT2D eigenvalue weighted by Gasteiger charge is -2.35. The highest BCUT2D eigenvalue weighted by molar-refractivity contribution is 5.97. The van der Waals surface area contributed by atoms with Crippen molar-refractivity contribution in [3.63, 3.8) is 0 Å². The minimum atomic E-state index is -0.285. The second-order valence-corrected chi connectivity index (χ2v) is 6.62. The van der Waals surface area contributed by atoms with Gasteiger partial charge in [0, 0.05) is 44.6 Å². The molecule has 1 heterocycles. The van der Waals surface area contributed by atoms with Crippen molar-refractivity contribution >= 4 is 11.6 Å². The Hall–Kier alpha value is -2.48. The van der Waals surface area contributed by atoms with Crippen molar-refractivity contribution in [1.82, 2.24) is 10.2 Å². The van der Waals surface area contributed by atoms with Crippen molar-refractivity contribution in [3.05, 3.63) is 41.6 Å². The molecule has 0 aliphatic carbocycles. The number of nitrogens with zero attached hydrogens (tertiary/aromatic N) is 3. The average molecular weight is 326 g/mol. The molecule has 1 saturated heterocycles. The van der Waals surface area contributed by atoms with Crippen LogP contribution in [-0.2, 0) is 4.79 Å². The molecule has 1 aromatic carbocycles. The fraction of sp³-hybridized carbons (Fsp3) is 0.474. The summed E-state index contributed by atoms with van der Waals surface area (Å²) >= 11 is 0. The molecule has 2 rings (SSSR count). The van der Waals surface area contributed by atoms with Gasteiger partial charge in [0.25, 0.3) is 5.91 Å². The Kier molecular flexibility index (Phi) is 6.25. The highest BCUT2D eigenvalue weighted by atomic mass is 16.1. The molecule has 0 bridgehead atoms.